The fourth-order valence-corrected chi connectivity index (χ4v) is 3.64. The number of anilines is 1. The molecule has 8 nitrogen and oxygen atoms in total. The standard InChI is InChI=1S/C22H19N5O3S/c1-13-6-8-17(9-7-13)27-20-18(11-23-27)21(30)26-22(25-20)31-12-19(29)24-16-5-3-4-15(10-16)14(2)28/h3-11H,12H2,1-2H3,(H,24,29)(H,25,26,30). The van der Waals surface area contributed by atoms with Gasteiger partial charge in [0.05, 0.1) is 17.6 Å². The van der Waals surface area contributed by atoms with E-state index >= 15 is 0 Å². The molecule has 2 aromatic carbocycles. The third-order valence-electron chi connectivity index (χ3n) is 4.59. The Morgan fingerprint density at radius 1 is 1.16 bits per heavy atom. The van der Waals surface area contributed by atoms with Crippen LogP contribution >= 0.6 is 11.8 Å². The van der Waals surface area contributed by atoms with Gasteiger partial charge >= 0.3 is 0 Å². The molecule has 2 N–H and O–H groups in total. The van der Waals surface area contributed by atoms with Gasteiger partial charge in [-0.1, -0.05) is 41.6 Å². The number of hydrogen-bond donors (Lipinski definition) is 2. The van der Waals surface area contributed by atoms with Crippen LogP contribution in [0.15, 0.2) is 64.7 Å². The highest BCUT2D eigenvalue weighted by Gasteiger charge is 2.13. The summed E-state index contributed by atoms with van der Waals surface area (Å²) in [4.78, 5) is 43.4. The van der Waals surface area contributed by atoms with Gasteiger partial charge in [0.1, 0.15) is 5.39 Å². The Balaban J connectivity index is 1.52. The SMILES string of the molecule is CC(=O)c1cccc(NC(=O)CSc2nc3c(cnn3-c3ccc(C)cc3)c(=O)[nH]2)c1. The molecule has 4 rings (SSSR count). The first-order valence-corrected chi connectivity index (χ1v) is 10.5. The van der Waals surface area contributed by atoms with Crippen LogP contribution in [0.2, 0.25) is 0 Å². The number of benzene rings is 2. The van der Waals surface area contributed by atoms with Crippen molar-refractivity contribution in [2.45, 2.75) is 19.0 Å². The maximum atomic E-state index is 12.4. The summed E-state index contributed by atoms with van der Waals surface area (Å²) in [7, 11) is 0. The molecule has 0 fully saturated rings. The van der Waals surface area contributed by atoms with Crippen molar-refractivity contribution in [2.24, 2.45) is 0 Å². The molecule has 0 unspecified atom stereocenters. The number of nitrogens with one attached hydrogen (secondary N) is 2. The Labute approximate surface area is 181 Å². The zero-order valence-corrected chi connectivity index (χ0v) is 17.7. The van der Waals surface area contributed by atoms with Crippen LogP contribution in [-0.2, 0) is 4.79 Å². The second-order valence-corrected chi connectivity index (χ2v) is 7.94. The van der Waals surface area contributed by atoms with E-state index in [1.165, 1.54) is 13.1 Å². The molecule has 0 aliphatic carbocycles. The predicted molar refractivity (Wildman–Crippen MR) is 120 cm³/mol. The van der Waals surface area contributed by atoms with Gasteiger partial charge in [-0.25, -0.2) is 9.67 Å². The minimum Gasteiger partial charge on any atom is -0.325 e. The first-order chi connectivity index (χ1) is 14.9. The largest absolute Gasteiger partial charge is 0.325 e. The third kappa shape index (κ3) is 4.56. The van der Waals surface area contributed by atoms with Crippen molar-refractivity contribution in [3.8, 4) is 5.69 Å². The van der Waals surface area contributed by atoms with Gasteiger partial charge in [-0.15, -0.1) is 0 Å². The average Bonchev–Trinajstić information content (AvgIpc) is 3.17. The molecule has 0 aliphatic rings. The van der Waals surface area contributed by atoms with Crippen LogP contribution in [0.4, 0.5) is 5.69 Å². The van der Waals surface area contributed by atoms with Gasteiger partial charge in [-0.05, 0) is 38.1 Å². The van der Waals surface area contributed by atoms with E-state index in [-0.39, 0.29) is 23.0 Å². The van der Waals surface area contributed by atoms with Crippen molar-refractivity contribution in [1.29, 1.82) is 0 Å². The first-order valence-electron chi connectivity index (χ1n) is 9.49. The molecule has 0 radical (unpaired) electrons. The highest BCUT2D eigenvalue weighted by atomic mass is 32.2. The van der Waals surface area contributed by atoms with E-state index in [1.807, 2.05) is 31.2 Å². The third-order valence-corrected chi connectivity index (χ3v) is 5.46. The lowest BCUT2D eigenvalue weighted by Crippen LogP contribution is -2.16. The molecule has 31 heavy (non-hydrogen) atoms. The summed E-state index contributed by atoms with van der Waals surface area (Å²) in [5.74, 6) is -0.316. The van der Waals surface area contributed by atoms with Crippen molar-refractivity contribution >= 4 is 40.2 Å². The zero-order valence-electron chi connectivity index (χ0n) is 16.9. The number of H-pyrrole nitrogens is 1. The van der Waals surface area contributed by atoms with Crippen LogP contribution in [0.1, 0.15) is 22.8 Å². The van der Waals surface area contributed by atoms with Gasteiger partial charge in [-0.2, -0.15) is 5.10 Å². The molecule has 0 saturated carbocycles. The molecule has 0 bridgehead atoms. The molecule has 9 heteroatoms. The second-order valence-electron chi connectivity index (χ2n) is 6.97. The molecule has 0 saturated heterocycles. The number of carbonyl (C=O) groups excluding carboxylic acids is 2. The Kier molecular flexibility index (Phi) is 5.68. The number of aromatic amines is 1. The molecule has 1 amide bonds. The van der Waals surface area contributed by atoms with Gasteiger partial charge in [0.2, 0.25) is 5.91 Å². The number of amides is 1. The maximum Gasteiger partial charge on any atom is 0.262 e. The van der Waals surface area contributed by atoms with E-state index in [0.717, 1.165) is 23.0 Å². The minimum atomic E-state index is -0.319. The van der Waals surface area contributed by atoms with Gasteiger partial charge in [0.25, 0.3) is 5.56 Å². The van der Waals surface area contributed by atoms with Crippen LogP contribution in [0, 0.1) is 6.92 Å². The van der Waals surface area contributed by atoms with Gasteiger partial charge in [0.15, 0.2) is 16.6 Å². The molecular weight excluding hydrogens is 414 g/mol. The molecule has 156 valence electrons. The average molecular weight is 433 g/mol. The van der Waals surface area contributed by atoms with Crippen molar-refractivity contribution in [1.82, 2.24) is 19.7 Å². The number of aryl methyl sites for hydroxylation is 1. The van der Waals surface area contributed by atoms with Gasteiger partial charge in [-0.3, -0.25) is 14.4 Å². The highest BCUT2D eigenvalue weighted by molar-refractivity contribution is 7.99. The van der Waals surface area contributed by atoms with Crippen LogP contribution in [0.5, 0.6) is 0 Å². The first kappa shape index (κ1) is 20.5. The predicted octanol–water partition coefficient (Wildman–Crippen LogP) is 3.35. The van der Waals surface area contributed by atoms with E-state index in [9.17, 15) is 14.4 Å². The Bertz CT molecular complexity index is 1340. The van der Waals surface area contributed by atoms with Crippen molar-refractivity contribution in [3.05, 3.63) is 76.2 Å². The highest BCUT2D eigenvalue weighted by Crippen LogP contribution is 2.19. The minimum absolute atomic E-state index is 0.0391. The molecule has 2 aromatic heterocycles. The summed E-state index contributed by atoms with van der Waals surface area (Å²) in [5, 5.41) is 7.73. The van der Waals surface area contributed by atoms with E-state index < -0.39 is 0 Å². The lowest BCUT2D eigenvalue weighted by molar-refractivity contribution is -0.113. The van der Waals surface area contributed by atoms with E-state index in [4.69, 9.17) is 0 Å². The number of nitrogens with zero attached hydrogens (tertiary/aromatic N) is 3. The van der Waals surface area contributed by atoms with Crippen LogP contribution in [0.25, 0.3) is 16.7 Å². The molecule has 2 heterocycles. The lowest BCUT2D eigenvalue weighted by Gasteiger charge is -2.07. The summed E-state index contributed by atoms with van der Waals surface area (Å²) in [6.45, 7) is 3.46. The van der Waals surface area contributed by atoms with Crippen molar-refractivity contribution in [2.75, 3.05) is 11.1 Å². The summed E-state index contributed by atoms with van der Waals surface area (Å²) < 4.78 is 1.60. The number of fused-ring (bicyclic) bond motifs is 1. The normalized spacial score (nSPS) is 10.9. The van der Waals surface area contributed by atoms with Gasteiger partial charge in [0, 0.05) is 11.3 Å². The molecule has 0 aliphatic heterocycles. The second kappa shape index (κ2) is 8.57. The van der Waals surface area contributed by atoms with Crippen LogP contribution in [0.3, 0.4) is 0 Å². The summed E-state index contributed by atoms with van der Waals surface area (Å²) >= 11 is 1.11. The molecule has 4 aromatic rings. The number of hydrogen-bond acceptors (Lipinski definition) is 6. The maximum absolute atomic E-state index is 12.4. The molecule has 0 atom stereocenters. The summed E-state index contributed by atoms with van der Waals surface area (Å²) in [6.07, 6.45) is 1.48. The number of thioether (sulfide) groups is 1. The number of rotatable bonds is 6. The Hall–Kier alpha value is -3.72. The Morgan fingerprint density at radius 2 is 1.94 bits per heavy atom. The number of carbonyl (C=O) groups is 2. The lowest BCUT2D eigenvalue weighted by atomic mass is 10.1. The quantitative estimate of drug-likeness (QED) is 0.274. The molecular formula is C22H19N5O3S. The van der Waals surface area contributed by atoms with Crippen LogP contribution in [-0.4, -0.2) is 37.2 Å². The monoisotopic (exact) mass is 433 g/mol. The van der Waals surface area contributed by atoms with Gasteiger partial charge < -0.3 is 10.3 Å². The molecule has 0 spiro atoms. The number of Topliss-reactive ketones (excluding diaryl/α,β-unsaturated/α-hetero) is 1. The topological polar surface area (TPSA) is 110 Å². The zero-order chi connectivity index (χ0) is 22.0. The summed E-state index contributed by atoms with van der Waals surface area (Å²) in [6, 6.07) is 14.4. The number of ketones is 1. The fraction of sp³-hybridized carbons (Fsp3) is 0.136. The van der Waals surface area contributed by atoms with Crippen molar-refractivity contribution < 1.29 is 9.59 Å². The van der Waals surface area contributed by atoms with Crippen LogP contribution < -0.4 is 10.9 Å². The number of aromatic nitrogens is 4. The fourth-order valence-electron chi connectivity index (χ4n) is 2.99. The van der Waals surface area contributed by atoms with Crippen molar-refractivity contribution in [3.63, 3.8) is 0 Å². The van der Waals surface area contributed by atoms with E-state index in [0.29, 0.717) is 27.4 Å². The summed E-state index contributed by atoms with van der Waals surface area (Å²) in [5.41, 5.74) is 3.06. The Morgan fingerprint density at radius 3 is 2.68 bits per heavy atom. The smallest absolute Gasteiger partial charge is 0.262 e. The van der Waals surface area contributed by atoms with E-state index in [2.05, 4.69) is 20.4 Å². The van der Waals surface area contributed by atoms with E-state index in [1.54, 1.807) is 28.9 Å².